The maximum absolute atomic E-state index is 11.6. The Hall–Kier alpha value is -1.99. The molecule has 7 heteroatoms. The summed E-state index contributed by atoms with van der Waals surface area (Å²) in [7, 11) is -4.21. The molecular formula is C17H20N2O4S. The molecule has 0 amide bonds. The predicted molar refractivity (Wildman–Crippen MR) is 88.7 cm³/mol. The minimum absolute atomic E-state index is 0.0175. The first-order valence-corrected chi connectivity index (χ1v) is 9.39. The predicted octanol–water partition coefficient (Wildman–Crippen LogP) is 3.14. The lowest BCUT2D eigenvalue weighted by Crippen LogP contribution is -2.24. The van der Waals surface area contributed by atoms with E-state index in [1.807, 2.05) is 13.0 Å². The molecule has 0 bridgehead atoms. The fourth-order valence-electron chi connectivity index (χ4n) is 3.21. The molecule has 2 aromatic rings. The normalized spacial score (nSPS) is 21.4. The van der Waals surface area contributed by atoms with E-state index in [1.54, 1.807) is 24.5 Å². The van der Waals surface area contributed by atoms with E-state index in [2.05, 4.69) is 9.97 Å². The molecule has 0 radical (unpaired) electrons. The number of ether oxygens (including phenoxy) is 1. The maximum atomic E-state index is 11.6. The van der Waals surface area contributed by atoms with Gasteiger partial charge in [-0.1, -0.05) is 17.7 Å². The molecule has 1 aliphatic rings. The second-order valence-corrected chi connectivity index (χ2v) is 7.53. The zero-order valence-corrected chi connectivity index (χ0v) is 14.2. The highest BCUT2D eigenvalue weighted by Gasteiger charge is 2.28. The van der Waals surface area contributed by atoms with Crippen LogP contribution in [0.5, 0.6) is 6.01 Å². The third-order valence-corrected chi connectivity index (χ3v) is 5.30. The Labute approximate surface area is 141 Å². The van der Waals surface area contributed by atoms with E-state index in [1.165, 1.54) is 6.07 Å². The van der Waals surface area contributed by atoms with Crippen molar-refractivity contribution in [2.45, 2.75) is 49.5 Å². The van der Waals surface area contributed by atoms with Crippen LogP contribution in [0.1, 0.15) is 42.7 Å². The van der Waals surface area contributed by atoms with Crippen molar-refractivity contribution in [1.82, 2.24) is 9.97 Å². The molecule has 3 rings (SSSR count). The molecule has 0 spiro atoms. The summed E-state index contributed by atoms with van der Waals surface area (Å²) in [5, 5.41) is 0. The molecule has 24 heavy (non-hydrogen) atoms. The molecule has 0 atom stereocenters. The number of hydrogen-bond acceptors (Lipinski definition) is 5. The highest BCUT2D eigenvalue weighted by atomic mass is 32.2. The van der Waals surface area contributed by atoms with Gasteiger partial charge in [-0.3, -0.25) is 4.55 Å². The fourth-order valence-corrected chi connectivity index (χ4v) is 3.97. The van der Waals surface area contributed by atoms with Gasteiger partial charge in [0.1, 0.15) is 6.10 Å². The molecule has 1 fully saturated rings. The van der Waals surface area contributed by atoms with Gasteiger partial charge in [0, 0.05) is 12.4 Å². The highest BCUT2D eigenvalue weighted by molar-refractivity contribution is 7.85. The van der Waals surface area contributed by atoms with Gasteiger partial charge in [0.05, 0.1) is 4.90 Å². The standard InChI is InChI=1S/C17H20N2O4S/c1-12-3-8-16(24(20,21)22)15(11-12)13-4-6-14(7-5-13)23-17-18-9-2-10-19-17/h2-3,8-11,13-14H,4-7H2,1H3,(H,20,21,22). The van der Waals surface area contributed by atoms with Crippen LogP contribution in [0, 0.1) is 6.92 Å². The zero-order valence-electron chi connectivity index (χ0n) is 13.4. The van der Waals surface area contributed by atoms with E-state index in [0.717, 1.165) is 31.2 Å². The van der Waals surface area contributed by atoms with Crippen molar-refractivity contribution in [2.75, 3.05) is 0 Å². The van der Waals surface area contributed by atoms with E-state index in [-0.39, 0.29) is 16.9 Å². The van der Waals surface area contributed by atoms with E-state index < -0.39 is 10.1 Å². The number of nitrogens with zero attached hydrogens (tertiary/aromatic N) is 2. The SMILES string of the molecule is Cc1ccc(S(=O)(=O)O)c(C2CCC(Oc3ncccn3)CC2)c1. The van der Waals surface area contributed by atoms with Gasteiger partial charge in [-0.15, -0.1) is 0 Å². The van der Waals surface area contributed by atoms with Crippen molar-refractivity contribution in [3.63, 3.8) is 0 Å². The van der Waals surface area contributed by atoms with Gasteiger partial charge in [-0.25, -0.2) is 9.97 Å². The van der Waals surface area contributed by atoms with Crippen molar-refractivity contribution >= 4 is 10.1 Å². The molecule has 0 unspecified atom stereocenters. The maximum Gasteiger partial charge on any atom is 0.316 e. The summed E-state index contributed by atoms with van der Waals surface area (Å²) in [6.07, 6.45) is 6.48. The summed E-state index contributed by atoms with van der Waals surface area (Å²) in [4.78, 5) is 8.14. The Kier molecular flexibility index (Phi) is 4.82. The Balaban J connectivity index is 1.72. The Morgan fingerprint density at radius 1 is 1.12 bits per heavy atom. The lowest BCUT2D eigenvalue weighted by atomic mass is 9.82. The van der Waals surface area contributed by atoms with Crippen molar-refractivity contribution in [2.24, 2.45) is 0 Å². The lowest BCUT2D eigenvalue weighted by molar-refractivity contribution is 0.133. The smallest absolute Gasteiger partial charge is 0.316 e. The van der Waals surface area contributed by atoms with Gasteiger partial charge in [-0.2, -0.15) is 8.42 Å². The van der Waals surface area contributed by atoms with Crippen LogP contribution in [-0.4, -0.2) is 29.0 Å². The van der Waals surface area contributed by atoms with Gasteiger partial charge >= 0.3 is 6.01 Å². The summed E-state index contributed by atoms with van der Waals surface area (Å²) < 4.78 is 38.5. The first-order chi connectivity index (χ1) is 11.4. The van der Waals surface area contributed by atoms with Gasteiger partial charge in [-0.05, 0) is 56.2 Å². The van der Waals surface area contributed by atoms with E-state index in [4.69, 9.17) is 4.74 Å². The van der Waals surface area contributed by atoms with Crippen molar-refractivity contribution in [3.8, 4) is 6.01 Å². The number of aryl methyl sites for hydroxylation is 1. The van der Waals surface area contributed by atoms with Gasteiger partial charge in [0.25, 0.3) is 10.1 Å². The van der Waals surface area contributed by atoms with E-state index >= 15 is 0 Å². The molecule has 128 valence electrons. The highest BCUT2D eigenvalue weighted by Crippen LogP contribution is 2.37. The van der Waals surface area contributed by atoms with Crippen molar-refractivity contribution < 1.29 is 17.7 Å². The summed E-state index contributed by atoms with van der Waals surface area (Å²) in [6.45, 7) is 1.92. The summed E-state index contributed by atoms with van der Waals surface area (Å²) in [5.74, 6) is 0.0957. The Morgan fingerprint density at radius 2 is 1.79 bits per heavy atom. The summed E-state index contributed by atoms with van der Waals surface area (Å²) in [5.41, 5.74) is 1.68. The Morgan fingerprint density at radius 3 is 2.42 bits per heavy atom. The second-order valence-electron chi connectivity index (χ2n) is 6.14. The summed E-state index contributed by atoms with van der Waals surface area (Å²) >= 11 is 0. The monoisotopic (exact) mass is 348 g/mol. The zero-order chi connectivity index (χ0) is 17.2. The van der Waals surface area contributed by atoms with E-state index in [9.17, 15) is 13.0 Å². The molecule has 1 aliphatic carbocycles. The van der Waals surface area contributed by atoms with Crippen LogP contribution in [0.4, 0.5) is 0 Å². The number of rotatable bonds is 4. The molecule has 1 N–H and O–H groups in total. The first kappa shape index (κ1) is 16.9. The van der Waals surface area contributed by atoms with Crippen LogP contribution < -0.4 is 4.74 Å². The van der Waals surface area contributed by atoms with Crippen molar-refractivity contribution in [1.29, 1.82) is 0 Å². The van der Waals surface area contributed by atoms with Crippen LogP contribution >= 0.6 is 0 Å². The molecule has 0 aliphatic heterocycles. The minimum Gasteiger partial charge on any atom is -0.460 e. The average molecular weight is 348 g/mol. The number of hydrogen-bond donors (Lipinski definition) is 1. The molecule has 0 saturated heterocycles. The van der Waals surface area contributed by atoms with Crippen LogP contribution in [0.15, 0.2) is 41.6 Å². The molecule has 6 nitrogen and oxygen atoms in total. The topological polar surface area (TPSA) is 89.4 Å². The van der Waals surface area contributed by atoms with Gasteiger partial charge in [0.15, 0.2) is 0 Å². The van der Waals surface area contributed by atoms with Crippen molar-refractivity contribution in [3.05, 3.63) is 47.8 Å². The second kappa shape index (κ2) is 6.86. The molecular weight excluding hydrogens is 328 g/mol. The molecule has 1 heterocycles. The molecule has 1 aromatic heterocycles. The number of aromatic nitrogens is 2. The summed E-state index contributed by atoms with van der Waals surface area (Å²) in [6, 6.07) is 7.15. The minimum atomic E-state index is -4.21. The Bertz CT molecular complexity index is 801. The first-order valence-electron chi connectivity index (χ1n) is 7.95. The number of benzene rings is 1. The third kappa shape index (κ3) is 3.91. The van der Waals surface area contributed by atoms with Crippen LogP contribution in [0.2, 0.25) is 0 Å². The fraction of sp³-hybridized carbons (Fsp3) is 0.412. The quantitative estimate of drug-likeness (QED) is 0.854. The molecule has 1 saturated carbocycles. The average Bonchev–Trinajstić information content (AvgIpc) is 2.55. The third-order valence-electron chi connectivity index (χ3n) is 4.37. The van der Waals surface area contributed by atoms with Crippen LogP contribution in [-0.2, 0) is 10.1 Å². The largest absolute Gasteiger partial charge is 0.460 e. The van der Waals surface area contributed by atoms with Crippen LogP contribution in [0.3, 0.4) is 0 Å². The van der Waals surface area contributed by atoms with E-state index in [0.29, 0.717) is 11.6 Å². The van der Waals surface area contributed by atoms with Gasteiger partial charge in [0.2, 0.25) is 0 Å². The van der Waals surface area contributed by atoms with Gasteiger partial charge < -0.3 is 4.74 Å². The molecule has 1 aromatic carbocycles. The van der Waals surface area contributed by atoms with Crippen LogP contribution in [0.25, 0.3) is 0 Å². The lowest BCUT2D eigenvalue weighted by Gasteiger charge is -2.29.